The molecule has 1 N–H and O–H groups in total. The number of hydrogen-bond donors (Lipinski definition) is 1. The second-order valence-electron chi connectivity index (χ2n) is 5.22. The predicted octanol–water partition coefficient (Wildman–Crippen LogP) is 5.24. The Bertz CT molecular complexity index is 396. The highest BCUT2D eigenvalue weighted by molar-refractivity contribution is 6.42. The van der Waals surface area contributed by atoms with Gasteiger partial charge in [-0.3, -0.25) is 0 Å². The Hall–Kier alpha value is -0.280. The zero-order valence-electron chi connectivity index (χ0n) is 12.6. The Morgan fingerprint density at radius 3 is 2.50 bits per heavy atom. The summed E-state index contributed by atoms with van der Waals surface area (Å²) >= 11 is 12.0. The summed E-state index contributed by atoms with van der Waals surface area (Å²) in [4.78, 5) is 0. The summed E-state index contributed by atoms with van der Waals surface area (Å²) in [6.07, 6.45) is 3.55. The number of unbranched alkanes of at least 4 members (excludes halogenated alkanes) is 1. The van der Waals surface area contributed by atoms with Crippen molar-refractivity contribution in [3.05, 3.63) is 33.8 Å². The van der Waals surface area contributed by atoms with E-state index in [0.717, 1.165) is 32.4 Å². The summed E-state index contributed by atoms with van der Waals surface area (Å²) in [6.45, 7) is 8.12. The van der Waals surface area contributed by atoms with Crippen molar-refractivity contribution in [2.24, 2.45) is 0 Å². The predicted molar refractivity (Wildman–Crippen MR) is 87.8 cm³/mol. The number of nitrogens with one attached hydrogen (secondary N) is 1. The molecular formula is C16H25Cl2NO. The van der Waals surface area contributed by atoms with Crippen molar-refractivity contribution < 1.29 is 4.74 Å². The van der Waals surface area contributed by atoms with Crippen molar-refractivity contribution in [2.45, 2.75) is 52.2 Å². The molecule has 0 saturated heterocycles. The fourth-order valence-corrected chi connectivity index (χ4v) is 2.36. The van der Waals surface area contributed by atoms with E-state index >= 15 is 0 Å². The summed E-state index contributed by atoms with van der Waals surface area (Å²) in [5.41, 5.74) is 1.19. The Kier molecular flexibility index (Phi) is 8.55. The molecule has 0 aliphatic rings. The third-order valence-electron chi connectivity index (χ3n) is 3.17. The molecule has 1 atom stereocenters. The van der Waals surface area contributed by atoms with Gasteiger partial charge in [0.05, 0.1) is 16.1 Å². The first-order valence-corrected chi connectivity index (χ1v) is 8.10. The summed E-state index contributed by atoms with van der Waals surface area (Å²) in [5, 5.41) is 4.79. The third kappa shape index (κ3) is 6.45. The largest absolute Gasteiger partial charge is 0.379 e. The quantitative estimate of drug-likeness (QED) is 0.629. The van der Waals surface area contributed by atoms with E-state index < -0.39 is 0 Å². The Morgan fingerprint density at radius 1 is 1.15 bits per heavy atom. The Balaban J connectivity index is 2.34. The minimum absolute atomic E-state index is 0.322. The molecule has 0 aromatic heterocycles. The van der Waals surface area contributed by atoms with E-state index in [2.05, 4.69) is 26.1 Å². The third-order valence-corrected chi connectivity index (χ3v) is 3.91. The highest BCUT2D eigenvalue weighted by atomic mass is 35.5. The highest BCUT2D eigenvalue weighted by Gasteiger charge is 2.10. The summed E-state index contributed by atoms with van der Waals surface area (Å²) in [7, 11) is 0. The van der Waals surface area contributed by atoms with Crippen LogP contribution in [0.15, 0.2) is 18.2 Å². The maximum Gasteiger partial charge on any atom is 0.0595 e. The topological polar surface area (TPSA) is 21.3 Å². The van der Waals surface area contributed by atoms with E-state index in [9.17, 15) is 0 Å². The van der Waals surface area contributed by atoms with Crippen LogP contribution in [0.25, 0.3) is 0 Å². The average molecular weight is 318 g/mol. The van der Waals surface area contributed by atoms with Crippen LogP contribution in [0, 0.1) is 0 Å². The SMILES string of the molecule is CCC(NCCCCOC(C)C)c1ccc(Cl)c(Cl)c1. The van der Waals surface area contributed by atoms with Crippen molar-refractivity contribution in [1.29, 1.82) is 0 Å². The molecule has 1 aromatic carbocycles. The average Bonchev–Trinajstić information content (AvgIpc) is 2.41. The maximum atomic E-state index is 6.07. The van der Waals surface area contributed by atoms with Gasteiger partial charge in [-0.2, -0.15) is 0 Å². The molecule has 0 radical (unpaired) electrons. The van der Waals surface area contributed by atoms with Gasteiger partial charge in [-0.15, -0.1) is 0 Å². The van der Waals surface area contributed by atoms with Gasteiger partial charge in [0, 0.05) is 12.6 Å². The molecule has 0 aliphatic heterocycles. The van der Waals surface area contributed by atoms with Crippen LogP contribution in [0.1, 0.15) is 51.6 Å². The fourth-order valence-electron chi connectivity index (χ4n) is 2.05. The lowest BCUT2D eigenvalue weighted by atomic mass is 10.0. The first-order valence-electron chi connectivity index (χ1n) is 7.34. The molecule has 4 heteroatoms. The van der Waals surface area contributed by atoms with E-state index in [1.54, 1.807) is 0 Å². The van der Waals surface area contributed by atoms with E-state index in [1.807, 2.05) is 18.2 Å². The Labute approximate surface area is 132 Å². The normalized spacial score (nSPS) is 12.9. The molecule has 0 saturated carbocycles. The van der Waals surface area contributed by atoms with Crippen molar-refractivity contribution in [3.63, 3.8) is 0 Å². The highest BCUT2D eigenvalue weighted by Crippen LogP contribution is 2.26. The van der Waals surface area contributed by atoms with E-state index in [1.165, 1.54) is 5.56 Å². The molecule has 1 rings (SSSR count). The van der Waals surface area contributed by atoms with E-state index in [4.69, 9.17) is 27.9 Å². The molecule has 1 unspecified atom stereocenters. The van der Waals surface area contributed by atoms with Gasteiger partial charge in [0.1, 0.15) is 0 Å². The second-order valence-corrected chi connectivity index (χ2v) is 6.03. The second kappa shape index (κ2) is 9.62. The molecule has 0 fully saturated rings. The molecule has 0 bridgehead atoms. The van der Waals surface area contributed by atoms with Crippen LogP contribution >= 0.6 is 23.2 Å². The van der Waals surface area contributed by atoms with Gasteiger partial charge in [-0.25, -0.2) is 0 Å². The van der Waals surface area contributed by atoms with Gasteiger partial charge in [0.2, 0.25) is 0 Å². The van der Waals surface area contributed by atoms with Gasteiger partial charge in [0.25, 0.3) is 0 Å². The molecule has 20 heavy (non-hydrogen) atoms. The molecule has 0 heterocycles. The van der Waals surface area contributed by atoms with E-state index in [-0.39, 0.29) is 0 Å². The van der Waals surface area contributed by atoms with Gasteiger partial charge in [-0.05, 0) is 57.4 Å². The van der Waals surface area contributed by atoms with Crippen molar-refractivity contribution >= 4 is 23.2 Å². The van der Waals surface area contributed by atoms with Crippen LogP contribution in [0.3, 0.4) is 0 Å². The summed E-state index contributed by atoms with van der Waals surface area (Å²) < 4.78 is 5.53. The van der Waals surface area contributed by atoms with Gasteiger partial charge < -0.3 is 10.1 Å². The number of benzene rings is 1. The van der Waals surface area contributed by atoms with Crippen molar-refractivity contribution in [2.75, 3.05) is 13.2 Å². The van der Waals surface area contributed by atoms with Gasteiger partial charge in [-0.1, -0.05) is 36.2 Å². The summed E-state index contributed by atoms with van der Waals surface area (Å²) in [6, 6.07) is 6.18. The number of halogens is 2. The number of hydrogen-bond acceptors (Lipinski definition) is 2. The zero-order chi connectivity index (χ0) is 15.0. The van der Waals surface area contributed by atoms with Crippen LogP contribution in [0.5, 0.6) is 0 Å². The standard InChI is InChI=1S/C16H25Cl2NO/c1-4-16(13-7-8-14(17)15(18)11-13)19-9-5-6-10-20-12(2)3/h7-8,11-12,16,19H,4-6,9-10H2,1-3H3. The maximum absolute atomic E-state index is 6.07. The lowest BCUT2D eigenvalue weighted by molar-refractivity contribution is 0.0759. The van der Waals surface area contributed by atoms with Crippen LogP contribution in [0.4, 0.5) is 0 Å². The molecular weight excluding hydrogens is 293 g/mol. The molecule has 2 nitrogen and oxygen atoms in total. The minimum Gasteiger partial charge on any atom is -0.379 e. The molecule has 0 spiro atoms. The first-order chi connectivity index (χ1) is 9.54. The van der Waals surface area contributed by atoms with Crippen molar-refractivity contribution in [1.82, 2.24) is 5.32 Å². The molecule has 0 aliphatic carbocycles. The van der Waals surface area contributed by atoms with Gasteiger partial charge in [0.15, 0.2) is 0 Å². The van der Waals surface area contributed by atoms with Crippen molar-refractivity contribution in [3.8, 4) is 0 Å². The Morgan fingerprint density at radius 2 is 1.90 bits per heavy atom. The molecule has 114 valence electrons. The first kappa shape index (κ1) is 17.8. The summed E-state index contributed by atoms with van der Waals surface area (Å²) in [5.74, 6) is 0. The van der Waals surface area contributed by atoms with Gasteiger partial charge >= 0.3 is 0 Å². The molecule has 0 amide bonds. The van der Waals surface area contributed by atoms with Crippen LogP contribution in [-0.4, -0.2) is 19.3 Å². The number of ether oxygens (including phenoxy) is 1. The fraction of sp³-hybridized carbons (Fsp3) is 0.625. The minimum atomic E-state index is 0.322. The van der Waals surface area contributed by atoms with Crippen LogP contribution < -0.4 is 5.32 Å². The number of rotatable bonds is 9. The van der Waals surface area contributed by atoms with Crippen LogP contribution in [-0.2, 0) is 4.74 Å². The smallest absolute Gasteiger partial charge is 0.0595 e. The lowest BCUT2D eigenvalue weighted by Gasteiger charge is -2.18. The molecule has 1 aromatic rings. The zero-order valence-corrected chi connectivity index (χ0v) is 14.1. The van der Waals surface area contributed by atoms with E-state index in [0.29, 0.717) is 22.2 Å². The monoisotopic (exact) mass is 317 g/mol. The van der Waals surface area contributed by atoms with Crippen LogP contribution in [0.2, 0.25) is 10.0 Å². The lowest BCUT2D eigenvalue weighted by Crippen LogP contribution is -2.22.